The number of para-hydroxylation sites is 1. The number of anilines is 1. The molecule has 0 aliphatic carbocycles. The molecule has 1 aliphatic rings. The fourth-order valence-corrected chi connectivity index (χ4v) is 3.24. The average molecular weight is 409 g/mol. The van der Waals surface area contributed by atoms with Gasteiger partial charge in [-0.25, -0.2) is 9.78 Å². The highest BCUT2D eigenvalue weighted by atomic mass is 16.5. The van der Waals surface area contributed by atoms with Gasteiger partial charge in [0.25, 0.3) is 0 Å². The maximum Gasteiger partial charge on any atom is 0.339 e. The van der Waals surface area contributed by atoms with Gasteiger partial charge in [-0.2, -0.15) is 0 Å². The first-order valence-electron chi connectivity index (χ1n) is 10.2. The smallest absolute Gasteiger partial charge is 0.339 e. The molecular weight excluding hydrogens is 382 g/mol. The van der Waals surface area contributed by atoms with Crippen LogP contribution in [0.15, 0.2) is 48.7 Å². The SMILES string of the molecule is CCOC(=O)c1ccc(N2CCN(C(=O)/C=C/c3ccccc3OCC)CC2)nc1. The van der Waals surface area contributed by atoms with Gasteiger partial charge < -0.3 is 19.3 Å². The molecule has 1 aromatic heterocycles. The summed E-state index contributed by atoms with van der Waals surface area (Å²) in [7, 11) is 0. The highest BCUT2D eigenvalue weighted by molar-refractivity contribution is 5.92. The van der Waals surface area contributed by atoms with Crippen molar-refractivity contribution in [1.82, 2.24) is 9.88 Å². The second-order valence-electron chi connectivity index (χ2n) is 6.74. The molecule has 3 rings (SSSR count). The molecule has 2 heterocycles. The minimum Gasteiger partial charge on any atom is -0.493 e. The number of carbonyl (C=O) groups is 2. The van der Waals surface area contributed by atoms with Crippen molar-refractivity contribution in [1.29, 1.82) is 0 Å². The maximum absolute atomic E-state index is 12.6. The van der Waals surface area contributed by atoms with E-state index < -0.39 is 0 Å². The quantitative estimate of drug-likeness (QED) is 0.517. The van der Waals surface area contributed by atoms with E-state index in [4.69, 9.17) is 9.47 Å². The molecule has 1 aliphatic heterocycles. The number of nitrogens with zero attached hydrogens (tertiary/aromatic N) is 3. The van der Waals surface area contributed by atoms with Crippen LogP contribution >= 0.6 is 0 Å². The van der Waals surface area contributed by atoms with E-state index in [0.29, 0.717) is 45.0 Å². The molecule has 2 aromatic rings. The molecule has 1 aromatic carbocycles. The number of benzene rings is 1. The Bertz CT molecular complexity index is 888. The molecule has 1 saturated heterocycles. The fourth-order valence-electron chi connectivity index (χ4n) is 3.24. The zero-order valence-corrected chi connectivity index (χ0v) is 17.4. The van der Waals surface area contributed by atoms with Gasteiger partial charge in [0.2, 0.25) is 5.91 Å². The summed E-state index contributed by atoms with van der Waals surface area (Å²) >= 11 is 0. The molecule has 0 radical (unpaired) electrons. The van der Waals surface area contributed by atoms with Gasteiger partial charge in [0.15, 0.2) is 0 Å². The number of piperazine rings is 1. The largest absolute Gasteiger partial charge is 0.493 e. The van der Waals surface area contributed by atoms with Gasteiger partial charge in [0.1, 0.15) is 11.6 Å². The Labute approximate surface area is 176 Å². The molecule has 0 bridgehead atoms. The summed E-state index contributed by atoms with van der Waals surface area (Å²) in [6.07, 6.45) is 4.93. The molecule has 7 nitrogen and oxygen atoms in total. The second kappa shape index (κ2) is 10.4. The maximum atomic E-state index is 12.6. The summed E-state index contributed by atoms with van der Waals surface area (Å²) in [6, 6.07) is 11.2. The first-order chi connectivity index (χ1) is 14.6. The van der Waals surface area contributed by atoms with E-state index in [1.54, 1.807) is 25.1 Å². The lowest BCUT2D eigenvalue weighted by molar-refractivity contribution is -0.126. The third kappa shape index (κ3) is 5.37. The molecule has 0 atom stereocenters. The first-order valence-corrected chi connectivity index (χ1v) is 10.2. The van der Waals surface area contributed by atoms with Crippen LogP contribution in [0.5, 0.6) is 5.75 Å². The third-order valence-corrected chi connectivity index (χ3v) is 4.80. The Kier molecular flexibility index (Phi) is 7.43. The number of ether oxygens (including phenoxy) is 2. The van der Waals surface area contributed by atoms with Crippen molar-refractivity contribution in [3.8, 4) is 5.75 Å². The van der Waals surface area contributed by atoms with Gasteiger partial charge in [-0.1, -0.05) is 18.2 Å². The van der Waals surface area contributed by atoms with Crippen LogP contribution in [0.1, 0.15) is 29.8 Å². The van der Waals surface area contributed by atoms with Crippen molar-refractivity contribution < 1.29 is 19.1 Å². The van der Waals surface area contributed by atoms with Gasteiger partial charge >= 0.3 is 5.97 Å². The zero-order valence-electron chi connectivity index (χ0n) is 17.4. The normalized spacial score (nSPS) is 14.1. The van der Waals surface area contributed by atoms with Crippen LogP contribution in [0.25, 0.3) is 6.08 Å². The predicted octanol–water partition coefficient (Wildman–Crippen LogP) is 3.02. The van der Waals surface area contributed by atoms with Crippen molar-refractivity contribution >= 4 is 23.8 Å². The van der Waals surface area contributed by atoms with E-state index >= 15 is 0 Å². The van der Waals surface area contributed by atoms with Crippen LogP contribution in [0.2, 0.25) is 0 Å². The summed E-state index contributed by atoms with van der Waals surface area (Å²) < 4.78 is 10.6. The molecule has 7 heteroatoms. The molecule has 0 saturated carbocycles. The average Bonchev–Trinajstić information content (AvgIpc) is 2.79. The first kappa shape index (κ1) is 21.4. The summed E-state index contributed by atoms with van der Waals surface area (Å²) in [4.78, 5) is 32.6. The monoisotopic (exact) mass is 409 g/mol. The zero-order chi connectivity index (χ0) is 21.3. The van der Waals surface area contributed by atoms with E-state index in [9.17, 15) is 9.59 Å². The number of aromatic nitrogens is 1. The summed E-state index contributed by atoms with van der Waals surface area (Å²) in [5.74, 6) is 1.17. The van der Waals surface area contributed by atoms with Crippen LogP contribution in [0.4, 0.5) is 5.82 Å². The predicted molar refractivity (Wildman–Crippen MR) is 116 cm³/mol. The number of hydrogen-bond acceptors (Lipinski definition) is 6. The molecule has 1 fully saturated rings. The number of esters is 1. The molecule has 1 amide bonds. The topological polar surface area (TPSA) is 72.0 Å². The van der Waals surface area contributed by atoms with Crippen molar-refractivity contribution in [2.45, 2.75) is 13.8 Å². The van der Waals surface area contributed by atoms with E-state index in [2.05, 4.69) is 9.88 Å². The third-order valence-electron chi connectivity index (χ3n) is 4.80. The number of rotatable bonds is 7. The van der Waals surface area contributed by atoms with E-state index in [1.165, 1.54) is 6.20 Å². The number of carbonyl (C=O) groups excluding carboxylic acids is 2. The van der Waals surface area contributed by atoms with Gasteiger partial charge in [0, 0.05) is 44.0 Å². The fraction of sp³-hybridized carbons (Fsp3) is 0.348. The van der Waals surface area contributed by atoms with E-state index in [1.807, 2.05) is 42.2 Å². The Morgan fingerprint density at radius 1 is 1.03 bits per heavy atom. The van der Waals surface area contributed by atoms with Crippen molar-refractivity contribution in [3.63, 3.8) is 0 Å². The minimum absolute atomic E-state index is 0.0217. The lowest BCUT2D eigenvalue weighted by atomic mass is 10.2. The number of hydrogen-bond donors (Lipinski definition) is 0. The Balaban J connectivity index is 1.55. The Morgan fingerprint density at radius 2 is 1.80 bits per heavy atom. The molecule has 0 spiro atoms. The highest BCUT2D eigenvalue weighted by Gasteiger charge is 2.21. The highest BCUT2D eigenvalue weighted by Crippen LogP contribution is 2.20. The molecule has 30 heavy (non-hydrogen) atoms. The van der Waals surface area contributed by atoms with Crippen LogP contribution in [-0.4, -0.2) is 61.2 Å². The van der Waals surface area contributed by atoms with E-state index in [0.717, 1.165) is 17.1 Å². The molecule has 0 unspecified atom stereocenters. The molecule has 158 valence electrons. The van der Waals surface area contributed by atoms with Gasteiger partial charge in [-0.05, 0) is 38.1 Å². The lowest BCUT2D eigenvalue weighted by Crippen LogP contribution is -2.48. The Morgan fingerprint density at radius 3 is 2.47 bits per heavy atom. The van der Waals surface area contributed by atoms with Crippen LogP contribution in [0.3, 0.4) is 0 Å². The van der Waals surface area contributed by atoms with Gasteiger partial charge in [0.05, 0.1) is 18.8 Å². The van der Waals surface area contributed by atoms with Crippen molar-refractivity contribution in [2.75, 3.05) is 44.3 Å². The standard InChI is InChI=1S/C23H27N3O4/c1-3-29-20-8-6-5-7-18(20)10-12-22(27)26-15-13-25(14-16-26)21-11-9-19(17-24-21)23(28)30-4-2/h5-12,17H,3-4,13-16H2,1-2H3/b12-10+. The minimum atomic E-state index is -0.371. The number of amides is 1. The van der Waals surface area contributed by atoms with Crippen LogP contribution < -0.4 is 9.64 Å². The lowest BCUT2D eigenvalue weighted by Gasteiger charge is -2.35. The van der Waals surface area contributed by atoms with Gasteiger partial charge in [-0.15, -0.1) is 0 Å². The second-order valence-corrected chi connectivity index (χ2v) is 6.74. The van der Waals surface area contributed by atoms with Crippen LogP contribution in [0, 0.1) is 0 Å². The summed E-state index contributed by atoms with van der Waals surface area (Å²) in [6.45, 7) is 7.20. The summed E-state index contributed by atoms with van der Waals surface area (Å²) in [5.41, 5.74) is 1.32. The van der Waals surface area contributed by atoms with Crippen molar-refractivity contribution in [3.05, 3.63) is 59.8 Å². The molecular formula is C23H27N3O4. The van der Waals surface area contributed by atoms with Crippen LogP contribution in [-0.2, 0) is 9.53 Å². The number of pyridine rings is 1. The van der Waals surface area contributed by atoms with Gasteiger partial charge in [-0.3, -0.25) is 4.79 Å². The Hall–Kier alpha value is -3.35. The summed E-state index contributed by atoms with van der Waals surface area (Å²) in [5, 5.41) is 0. The van der Waals surface area contributed by atoms with Crippen molar-refractivity contribution in [2.24, 2.45) is 0 Å². The molecule has 0 N–H and O–H groups in total. The van der Waals surface area contributed by atoms with E-state index in [-0.39, 0.29) is 11.9 Å².